The Labute approximate surface area is 125 Å². The third-order valence-electron chi connectivity index (χ3n) is 2.55. The number of carbonyl (C=O) groups is 1. The van der Waals surface area contributed by atoms with E-state index in [9.17, 15) is 4.79 Å². The second kappa shape index (κ2) is 12.1. The summed E-state index contributed by atoms with van der Waals surface area (Å²) >= 11 is 0. The van der Waals surface area contributed by atoms with Crippen LogP contribution >= 0.6 is 0 Å². The number of aliphatic hydroxyl groups is 2. The van der Waals surface area contributed by atoms with Crippen LogP contribution in [0.3, 0.4) is 0 Å². The van der Waals surface area contributed by atoms with Crippen LogP contribution in [0.2, 0.25) is 0 Å². The van der Waals surface area contributed by atoms with Crippen molar-refractivity contribution in [1.29, 1.82) is 0 Å². The molecule has 0 spiro atoms. The summed E-state index contributed by atoms with van der Waals surface area (Å²) in [5, 5.41) is 16.7. The first-order chi connectivity index (χ1) is 10.0. The summed E-state index contributed by atoms with van der Waals surface area (Å²) in [4.78, 5) is 12.7. The highest BCUT2D eigenvalue weighted by molar-refractivity contribution is 5.75. The summed E-state index contributed by atoms with van der Waals surface area (Å²) in [6.45, 7) is 2.14. The Kier molecular flexibility index (Phi) is 11.2. The van der Waals surface area contributed by atoms with Crippen LogP contribution in [-0.2, 0) is 9.53 Å². The summed E-state index contributed by atoms with van der Waals surface area (Å²) in [7, 11) is 3.59. The van der Waals surface area contributed by atoms with Gasteiger partial charge in [0.1, 0.15) is 25.0 Å². The molecule has 0 amide bonds. The summed E-state index contributed by atoms with van der Waals surface area (Å²) in [5.41, 5.74) is 0. The lowest BCUT2D eigenvalue weighted by molar-refractivity contribution is -0.149. The topological polar surface area (TPSA) is 79.2 Å². The Morgan fingerprint density at radius 3 is 2.19 bits per heavy atom. The molecule has 6 nitrogen and oxygen atoms in total. The van der Waals surface area contributed by atoms with Gasteiger partial charge in [0.2, 0.25) is 0 Å². The maximum atomic E-state index is 11.0. The van der Waals surface area contributed by atoms with Gasteiger partial charge in [0.25, 0.3) is 0 Å². The summed E-state index contributed by atoms with van der Waals surface area (Å²) in [6, 6.07) is 9.18. The predicted octanol–water partition coefficient (Wildman–Crippen LogP) is 0.530. The average molecular weight is 299 g/mol. The molecule has 1 rings (SSSR count). The van der Waals surface area contributed by atoms with E-state index in [0.29, 0.717) is 6.61 Å². The molecule has 0 heterocycles. The van der Waals surface area contributed by atoms with E-state index >= 15 is 0 Å². The third-order valence-corrected chi connectivity index (χ3v) is 2.55. The largest absolute Gasteiger partial charge is 0.491 e. The van der Waals surface area contributed by atoms with Crippen molar-refractivity contribution < 1.29 is 24.5 Å². The van der Waals surface area contributed by atoms with Gasteiger partial charge in [-0.15, -0.1) is 0 Å². The monoisotopic (exact) mass is 299 g/mol. The van der Waals surface area contributed by atoms with Crippen molar-refractivity contribution in [2.24, 2.45) is 0 Å². The van der Waals surface area contributed by atoms with Crippen LogP contribution in [0.4, 0.5) is 0 Å². The molecule has 0 aliphatic carbocycles. The number of rotatable bonds is 7. The van der Waals surface area contributed by atoms with Gasteiger partial charge in [0.05, 0.1) is 13.2 Å². The van der Waals surface area contributed by atoms with Crippen molar-refractivity contribution in [3.05, 3.63) is 30.3 Å². The molecule has 0 aromatic heterocycles. The van der Waals surface area contributed by atoms with Gasteiger partial charge in [0, 0.05) is 0 Å². The second-order valence-electron chi connectivity index (χ2n) is 4.42. The zero-order valence-electron chi connectivity index (χ0n) is 12.9. The second-order valence-corrected chi connectivity index (χ2v) is 4.42. The van der Waals surface area contributed by atoms with Gasteiger partial charge < -0.3 is 19.7 Å². The molecule has 6 heteroatoms. The molecule has 0 aliphatic rings. The summed E-state index contributed by atoms with van der Waals surface area (Å²) in [6.07, 6.45) is 0. The van der Waals surface area contributed by atoms with E-state index in [-0.39, 0.29) is 31.8 Å². The van der Waals surface area contributed by atoms with Crippen LogP contribution in [0.15, 0.2) is 30.3 Å². The van der Waals surface area contributed by atoms with Crippen LogP contribution in [-0.4, -0.2) is 67.6 Å². The maximum Gasteiger partial charge on any atom is 0.323 e. The first-order valence-corrected chi connectivity index (χ1v) is 6.75. The summed E-state index contributed by atoms with van der Waals surface area (Å²) in [5.74, 6) is 0.501. The third kappa shape index (κ3) is 9.84. The maximum absolute atomic E-state index is 11.0. The van der Waals surface area contributed by atoms with Crippen LogP contribution in [0.5, 0.6) is 5.75 Å². The van der Waals surface area contributed by atoms with Crippen molar-refractivity contribution in [1.82, 2.24) is 4.90 Å². The fraction of sp³-hybridized carbons (Fsp3) is 0.533. The molecular formula is C15H25NO5. The molecule has 1 atom stereocenters. The normalized spacial score (nSPS) is 11.3. The highest BCUT2D eigenvalue weighted by atomic mass is 16.5. The fourth-order valence-corrected chi connectivity index (χ4v) is 1.16. The molecule has 0 aliphatic heterocycles. The van der Waals surface area contributed by atoms with Gasteiger partial charge in [-0.1, -0.05) is 18.2 Å². The first kappa shape index (κ1) is 19.4. The van der Waals surface area contributed by atoms with Crippen LogP contribution in [0.1, 0.15) is 6.92 Å². The van der Waals surface area contributed by atoms with Crippen molar-refractivity contribution >= 4 is 5.97 Å². The molecule has 0 bridgehead atoms. The first-order valence-electron chi connectivity index (χ1n) is 6.75. The minimum atomic E-state index is -0.302. The molecule has 120 valence electrons. The molecule has 0 fully saturated rings. The minimum absolute atomic E-state index is 0.0644. The lowest BCUT2D eigenvalue weighted by Crippen LogP contribution is -2.34. The highest BCUT2D eigenvalue weighted by Gasteiger charge is 2.15. The van der Waals surface area contributed by atoms with Gasteiger partial charge in [-0.05, 0) is 33.2 Å². The number of hydrogen-bond acceptors (Lipinski definition) is 6. The van der Waals surface area contributed by atoms with Crippen molar-refractivity contribution in [2.45, 2.75) is 13.0 Å². The Morgan fingerprint density at radius 1 is 1.14 bits per heavy atom. The standard InChI is InChI=1S/C8H10O2.C7H15NO3/c9-6-7-10-8-4-2-1-3-5-8;1-6(8(2)3)7(10)11-5-4-9/h1-5,9H,6-7H2;6,9H,4-5H2,1-3H3/t;6-/m.0/s1. The number of carbonyl (C=O) groups excluding carboxylic acids is 1. The van der Waals surface area contributed by atoms with Gasteiger partial charge in [0.15, 0.2) is 0 Å². The molecule has 0 radical (unpaired) electrons. The highest BCUT2D eigenvalue weighted by Crippen LogP contribution is 2.07. The molecule has 0 saturated heterocycles. The molecule has 1 aromatic carbocycles. The number of nitrogens with zero attached hydrogens (tertiary/aromatic N) is 1. The number of esters is 1. The SMILES string of the molecule is C[C@@H](C(=O)OCCO)N(C)C.OCCOc1ccccc1. The van der Waals surface area contributed by atoms with E-state index in [1.54, 1.807) is 25.9 Å². The van der Waals surface area contributed by atoms with Crippen molar-refractivity contribution in [3.8, 4) is 5.75 Å². The molecular weight excluding hydrogens is 274 g/mol. The summed E-state index contributed by atoms with van der Waals surface area (Å²) < 4.78 is 9.79. The fourth-order valence-electron chi connectivity index (χ4n) is 1.16. The van der Waals surface area contributed by atoms with Gasteiger partial charge >= 0.3 is 5.97 Å². The predicted molar refractivity (Wildman–Crippen MR) is 80.2 cm³/mol. The molecule has 0 saturated carbocycles. The van der Waals surface area contributed by atoms with E-state index in [2.05, 4.69) is 4.74 Å². The molecule has 0 unspecified atom stereocenters. The number of benzene rings is 1. The lowest BCUT2D eigenvalue weighted by Gasteiger charge is -2.17. The van der Waals surface area contributed by atoms with Gasteiger partial charge in [-0.3, -0.25) is 9.69 Å². The number of ether oxygens (including phenoxy) is 2. The van der Waals surface area contributed by atoms with Gasteiger partial charge in [-0.2, -0.15) is 0 Å². The Bertz CT molecular complexity index is 370. The average Bonchev–Trinajstić information content (AvgIpc) is 2.51. The van der Waals surface area contributed by atoms with E-state index in [0.717, 1.165) is 5.75 Å². The van der Waals surface area contributed by atoms with Crippen molar-refractivity contribution in [3.63, 3.8) is 0 Å². The zero-order chi connectivity index (χ0) is 16.1. The lowest BCUT2D eigenvalue weighted by atomic mass is 10.3. The number of para-hydroxylation sites is 1. The van der Waals surface area contributed by atoms with Crippen LogP contribution in [0.25, 0.3) is 0 Å². The molecule has 21 heavy (non-hydrogen) atoms. The minimum Gasteiger partial charge on any atom is -0.491 e. The number of likely N-dealkylation sites (N-methyl/N-ethyl adjacent to an activating group) is 1. The molecule has 1 aromatic rings. The van der Waals surface area contributed by atoms with E-state index in [1.807, 2.05) is 30.3 Å². The zero-order valence-corrected chi connectivity index (χ0v) is 12.9. The van der Waals surface area contributed by atoms with Gasteiger partial charge in [-0.25, -0.2) is 0 Å². The van der Waals surface area contributed by atoms with Crippen LogP contribution < -0.4 is 4.74 Å². The Morgan fingerprint density at radius 2 is 1.71 bits per heavy atom. The van der Waals surface area contributed by atoms with E-state index in [1.165, 1.54) is 0 Å². The van der Waals surface area contributed by atoms with E-state index < -0.39 is 0 Å². The Balaban J connectivity index is 0.000000382. The Hall–Kier alpha value is -1.63. The number of aliphatic hydroxyl groups excluding tert-OH is 2. The van der Waals surface area contributed by atoms with E-state index in [4.69, 9.17) is 14.9 Å². The number of hydrogen-bond donors (Lipinski definition) is 2. The quantitative estimate of drug-likeness (QED) is 0.715. The van der Waals surface area contributed by atoms with Crippen molar-refractivity contribution in [2.75, 3.05) is 40.5 Å². The molecule has 2 N–H and O–H groups in total. The smallest absolute Gasteiger partial charge is 0.323 e. The van der Waals surface area contributed by atoms with Crippen LogP contribution in [0, 0.1) is 0 Å².